The van der Waals surface area contributed by atoms with Crippen LogP contribution in [0.1, 0.15) is 91.9 Å². The van der Waals surface area contributed by atoms with Gasteiger partial charge in [-0.3, -0.25) is 0 Å². The molecule has 4 heteroatoms. The molecule has 31 heavy (non-hydrogen) atoms. The van der Waals surface area contributed by atoms with Gasteiger partial charge in [0.1, 0.15) is 12.7 Å². The summed E-state index contributed by atoms with van der Waals surface area (Å²) < 4.78 is 0. The zero-order chi connectivity index (χ0) is 22.2. The molecular weight excluding hydrogens is 388 g/mol. The van der Waals surface area contributed by atoms with Gasteiger partial charge in [0.15, 0.2) is 0 Å². The van der Waals surface area contributed by atoms with E-state index in [0.29, 0.717) is 30.8 Å². The van der Waals surface area contributed by atoms with E-state index >= 15 is 0 Å². The van der Waals surface area contributed by atoms with Crippen LogP contribution in [-0.4, -0.2) is 35.1 Å². The van der Waals surface area contributed by atoms with Crippen LogP contribution in [0.25, 0.3) is 0 Å². The predicted octanol–water partition coefficient (Wildman–Crippen LogP) is 5.73. The maximum atomic E-state index is 10.4. The topological polar surface area (TPSA) is 58.9 Å². The van der Waals surface area contributed by atoms with Crippen LogP contribution >= 0.6 is 0 Å². The molecule has 7 atom stereocenters. The maximum absolute atomic E-state index is 10.4. The van der Waals surface area contributed by atoms with Gasteiger partial charge >= 0.3 is 0 Å². The van der Waals surface area contributed by atoms with Crippen molar-refractivity contribution in [2.24, 2.45) is 29.1 Å². The largest absolute Gasteiger partial charge is 0.393 e. The minimum absolute atomic E-state index is 0.256. The summed E-state index contributed by atoms with van der Waals surface area (Å²) in [6.07, 6.45) is 12.3. The molecular formula is C27H44O4. The number of allylic oxidation sites excluding steroid dienone is 1. The summed E-state index contributed by atoms with van der Waals surface area (Å²) in [7, 11) is 0. The molecule has 3 aliphatic carbocycles. The lowest BCUT2D eigenvalue weighted by Gasteiger charge is -2.45. The van der Waals surface area contributed by atoms with E-state index in [4.69, 9.17) is 9.78 Å². The molecule has 2 saturated carbocycles. The number of hydrogen-bond donors (Lipinski definition) is 2. The Morgan fingerprint density at radius 2 is 1.94 bits per heavy atom. The minimum Gasteiger partial charge on any atom is -0.393 e. The third kappa shape index (κ3) is 4.83. The molecule has 0 aromatic carbocycles. The van der Waals surface area contributed by atoms with Gasteiger partial charge in [0.05, 0.1) is 12.2 Å². The second-order valence-electron chi connectivity index (χ2n) is 11.6. The summed E-state index contributed by atoms with van der Waals surface area (Å²) in [6, 6.07) is 0. The van der Waals surface area contributed by atoms with E-state index in [1.165, 1.54) is 50.5 Å². The number of fused-ring (bicyclic) bond motifs is 1. The van der Waals surface area contributed by atoms with Gasteiger partial charge in [-0.05, 0) is 84.8 Å². The van der Waals surface area contributed by atoms with Crippen molar-refractivity contribution in [2.75, 3.05) is 6.61 Å². The van der Waals surface area contributed by atoms with Crippen LogP contribution in [-0.2, 0) is 9.78 Å². The summed E-state index contributed by atoms with van der Waals surface area (Å²) in [6.45, 7) is 10.0. The average Bonchev–Trinajstić information content (AvgIpc) is 3.06. The molecule has 176 valence electrons. The smallest absolute Gasteiger partial charge is 0.133 e. The van der Waals surface area contributed by atoms with Gasteiger partial charge in [-0.2, -0.15) is 0 Å². The van der Waals surface area contributed by atoms with Crippen molar-refractivity contribution in [1.82, 2.24) is 0 Å². The van der Waals surface area contributed by atoms with E-state index in [1.54, 1.807) is 0 Å². The number of rotatable bonds is 6. The Morgan fingerprint density at radius 3 is 2.71 bits per heavy atom. The van der Waals surface area contributed by atoms with E-state index < -0.39 is 12.2 Å². The molecule has 1 heterocycles. The minimum atomic E-state index is -0.609. The first-order valence-corrected chi connectivity index (χ1v) is 12.9. The lowest BCUT2D eigenvalue weighted by Crippen LogP contribution is -2.38. The second-order valence-corrected chi connectivity index (χ2v) is 11.6. The van der Waals surface area contributed by atoms with Crippen LogP contribution in [0.15, 0.2) is 22.8 Å². The normalized spacial score (nSPS) is 40.9. The van der Waals surface area contributed by atoms with Crippen molar-refractivity contribution < 1.29 is 20.0 Å². The van der Waals surface area contributed by atoms with Crippen molar-refractivity contribution in [3.05, 3.63) is 22.8 Å². The molecule has 0 saturated heterocycles. The zero-order valence-electron chi connectivity index (χ0n) is 20.1. The highest BCUT2D eigenvalue weighted by Crippen LogP contribution is 2.60. The monoisotopic (exact) mass is 432 g/mol. The van der Waals surface area contributed by atoms with E-state index in [9.17, 15) is 10.2 Å². The Balaban J connectivity index is 1.51. The van der Waals surface area contributed by atoms with Crippen LogP contribution in [0.2, 0.25) is 0 Å². The molecule has 4 aliphatic rings. The first kappa shape index (κ1) is 23.5. The number of hydrogen-bond acceptors (Lipinski definition) is 4. The third-order valence-corrected chi connectivity index (χ3v) is 9.03. The number of aliphatic hydroxyl groups is 2. The summed E-state index contributed by atoms with van der Waals surface area (Å²) >= 11 is 0. The fraction of sp³-hybridized carbons (Fsp3) is 0.852. The predicted molar refractivity (Wildman–Crippen MR) is 123 cm³/mol. The van der Waals surface area contributed by atoms with Crippen LogP contribution in [0.5, 0.6) is 0 Å². The second kappa shape index (κ2) is 9.67. The van der Waals surface area contributed by atoms with Gasteiger partial charge in [-0.15, -0.1) is 0 Å². The molecule has 2 N–H and O–H groups in total. The number of aliphatic hydroxyl groups excluding tert-OH is 2. The van der Waals surface area contributed by atoms with Gasteiger partial charge < -0.3 is 10.2 Å². The van der Waals surface area contributed by atoms with Crippen molar-refractivity contribution in [2.45, 2.75) is 110 Å². The van der Waals surface area contributed by atoms with Gasteiger partial charge in [0.25, 0.3) is 0 Å². The third-order valence-electron chi connectivity index (χ3n) is 9.03. The standard InChI is InChI=1S/C27H44O4/c1-17(2)7-5-8-18(3)23-10-11-24-19(9-6-12-27(23,24)4)13-26-21-14-20(28)15-25(29)22(21)16-30-31-26/h13,17-18,20,23-26,28-29H,5-12,14-16H2,1-4H3/b19-13+/t18-,20-,23-,24+,25+,26-,27-/m1/s1. The molecule has 4 nitrogen and oxygen atoms in total. The van der Waals surface area contributed by atoms with E-state index in [1.807, 2.05) is 0 Å². The first-order valence-electron chi connectivity index (χ1n) is 12.9. The van der Waals surface area contributed by atoms with Gasteiger partial charge in [-0.25, -0.2) is 9.78 Å². The van der Waals surface area contributed by atoms with Gasteiger partial charge in [-0.1, -0.05) is 52.5 Å². The summed E-state index contributed by atoms with van der Waals surface area (Å²) in [5, 5.41) is 20.6. The van der Waals surface area contributed by atoms with Crippen LogP contribution in [0.3, 0.4) is 0 Å². The van der Waals surface area contributed by atoms with E-state index in [0.717, 1.165) is 35.3 Å². The summed E-state index contributed by atoms with van der Waals surface area (Å²) in [5.41, 5.74) is 3.90. The Kier molecular flexibility index (Phi) is 7.32. The fourth-order valence-electron chi connectivity index (χ4n) is 7.39. The SMILES string of the molecule is CC(C)CCC[C@@H](C)[C@H]1CC[C@H]2/C(=C/[C@H]3OOCC4=C3C[C@@H](O)C[C@@H]4O)CCC[C@]12C. The molecule has 0 aromatic rings. The first-order chi connectivity index (χ1) is 14.8. The molecule has 1 aliphatic heterocycles. The van der Waals surface area contributed by atoms with Crippen LogP contribution in [0.4, 0.5) is 0 Å². The van der Waals surface area contributed by atoms with Crippen molar-refractivity contribution >= 4 is 0 Å². The van der Waals surface area contributed by atoms with Gasteiger partial charge in [0.2, 0.25) is 0 Å². The van der Waals surface area contributed by atoms with E-state index in [2.05, 4.69) is 33.8 Å². The van der Waals surface area contributed by atoms with E-state index in [-0.39, 0.29) is 6.10 Å². The highest BCUT2D eigenvalue weighted by atomic mass is 17.2. The summed E-state index contributed by atoms with van der Waals surface area (Å²) in [5.74, 6) is 3.04. The quantitative estimate of drug-likeness (QED) is 0.415. The van der Waals surface area contributed by atoms with Crippen molar-refractivity contribution in [3.63, 3.8) is 0 Å². The molecule has 0 unspecified atom stereocenters. The molecule has 0 radical (unpaired) electrons. The van der Waals surface area contributed by atoms with Crippen molar-refractivity contribution in [1.29, 1.82) is 0 Å². The Morgan fingerprint density at radius 1 is 1.13 bits per heavy atom. The lowest BCUT2D eigenvalue weighted by atomic mass is 9.60. The van der Waals surface area contributed by atoms with Gasteiger partial charge in [0, 0.05) is 6.42 Å². The molecule has 4 rings (SSSR count). The highest BCUT2D eigenvalue weighted by molar-refractivity contribution is 5.33. The van der Waals surface area contributed by atoms with Crippen LogP contribution in [0, 0.1) is 29.1 Å². The molecule has 0 spiro atoms. The Labute approximate surface area is 189 Å². The maximum Gasteiger partial charge on any atom is 0.133 e. The van der Waals surface area contributed by atoms with Crippen LogP contribution < -0.4 is 0 Å². The van der Waals surface area contributed by atoms with Crippen molar-refractivity contribution in [3.8, 4) is 0 Å². The molecule has 2 fully saturated rings. The lowest BCUT2D eigenvalue weighted by molar-refractivity contribution is -0.312. The average molecular weight is 433 g/mol. The molecule has 0 aromatic heterocycles. The molecule has 0 amide bonds. The summed E-state index contributed by atoms with van der Waals surface area (Å²) in [4.78, 5) is 11.1. The highest BCUT2D eigenvalue weighted by Gasteiger charge is 2.50. The Hall–Kier alpha value is -0.680. The molecule has 0 bridgehead atoms. The fourth-order valence-corrected chi connectivity index (χ4v) is 7.39. The Bertz CT molecular complexity index is 695. The zero-order valence-corrected chi connectivity index (χ0v) is 20.1.